The highest BCUT2D eigenvalue weighted by Gasteiger charge is 2.16. The largest absolute Gasteiger partial charge is 0.493 e. The molecule has 3 aromatic rings. The zero-order valence-corrected chi connectivity index (χ0v) is 20.1. The first-order valence-corrected chi connectivity index (χ1v) is 11.1. The van der Waals surface area contributed by atoms with E-state index in [-0.39, 0.29) is 18.0 Å². The number of carbonyl (C=O) groups excluding carboxylic acids is 1. The molecular weight excluding hydrogens is 499 g/mol. The molecule has 0 bridgehead atoms. The number of nitrogens with one attached hydrogen (secondary N) is 1. The molecule has 0 aliphatic carbocycles. The minimum atomic E-state index is -0.537. The molecule has 3 rings (SSSR count). The van der Waals surface area contributed by atoms with E-state index in [1.54, 1.807) is 54.6 Å². The lowest BCUT2D eigenvalue weighted by molar-refractivity contribution is -0.112. The molecule has 0 atom stereocenters. The van der Waals surface area contributed by atoms with Gasteiger partial charge in [-0.2, -0.15) is 5.26 Å². The van der Waals surface area contributed by atoms with Gasteiger partial charge in [-0.3, -0.25) is 4.79 Å². The van der Waals surface area contributed by atoms with E-state index >= 15 is 0 Å². The predicted octanol–water partition coefficient (Wildman–Crippen LogP) is 6.45. The monoisotopic (exact) mass is 520 g/mol. The number of hydrogen-bond donors (Lipinski definition) is 1. The van der Waals surface area contributed by atoms with Crippen LogP contribution in [0.5, 0.6) is 11.5 Å². The average Bonchev–Trinajstić information content (AvgIpc) is 2.82. The first-order valence-electron chi connectivity index (χ1n) is 10.3. The van der Waals surface area contributed by atoms with Gasteiger partial charge in [0.1, 0.15) is 24.1 Å². The van der Waals surface area contributed by atoms with Gasteiger partial charge in [-0.25, -0.2) is 4.39 Å². The summed E-state index contributed by atoms with van der Waals surface area (Å²) in [5, 5.41) is 12.3. The van der Waals surface area contributed by atoms with Crippen LogP contribution in [0.1, 0.15) is 16.7 Å². The Kier molecular flexibility index (Phi) is 8.60. The molecule has 0 aliphatic heterocycles. The van der Waals surface area contributed by atoms with Gasteiger partial charge in [-0.1, -0.05) is 46.3 Å². The Morgan fingerprint density at radius 2 is 1.97 bits per heavy atom. The van der Waals surface area contributed by atoms with Gasteiger partial charge in [0, 0.05) is 21.3 Å². The fourth-order valence-electron chi connectivity index (χ4n) is 3.23. The molecule has 0 spiro atoms. The predicted molar refractivity (Wildman–Crippen MR) is 134 cm³/mol. The second-order valence-corrected chi connectivity index (χ2v) is 8.13. The molecular formula is C27H22BrFN2O3. The van der Waals surface area contributed by atoms with Crippen LogP contribution in [-0.2, 0) is 17.8 Å². The highest BCUT2D eigenvalue weighted by atomic mass is 79.9. The summed E-state index contributed by atoms with van der Waals surface area (Å²) in [7, 11) is 1.49. The minimum Gasteiger partial charge on any atom is -0.493 e. The lowest BCUT2D eigenvalue weighted by atomic mass is 10.0. The van der Waals surface area contributed by atoms with Crippen molar-refractivity contribution in [2.45, 2.75) is 13.0 Å². The molecule has 34 heavy (non-hydrogen) atoms. The number of anilines is 1. The third kappa shape index (κ3) is 6.33. The van der Waals surface area contributed by atoms with Crippen LogP contribution in [0.3, 0.4) is 0 Å². The smallest absolute Gasteiger partial charge is 0.266 e. The Hall–Kier alpha value is -3.89. The van der Waals surface area contributed by atoms with Gasteiger partial charge >= 0.3 is 0 Å². The number of benzene rings is 3. The number of amides is 1. The Morgan fingerprint density at radius 1 is 1.18 bits per heavy atom. The van der Waals surface area contributed by atoms with Crippen LogP contribution in [0, 0.1) is 17.1 Å². The fourth-order valence-corrected chi connectivity index (χ4v) is 3.63. The number of rotatable bonds is 9. The van der Waals surface area contributed by atoms with Gasteiger partial charge in [0.2, 0.25) is 0 Å². The molecule has 0 aliphatic rings. The summed E-state index contributed by atoms with van der Waals surface area (Å²) < 4.78 is 26.2. The molecule has 3 aromatic carbocycles. The molecule has 0 aromatic heterocycles. The van der Waals surface area contributed by atoms with Gasteiger partial charge in [0.15, 0.2) is 11.5 Å². The number of hydrogen-bond acceptors (Lipinski definition) is 4. The van der Waals surface area contributed by atoms with Crippen LogP contribution in [-0.4, -0.2) is 13.0 Å². The summed E-state index contributed by atoms with van der Waals surface area (Å²) in [6.07, 6.45) is 3.61. The third-order valence-electron chi connectivity index (χ3n) is 4.83. The lowest BCUT2D eigenvalue weighted by Crippen LogP contribution is -2.13. The van der Waals surface area contributed by atoms with E-state index in [2.05, 4.69) is 27.8 Å². The SMILES string of the molecule is C=CCc1cc(/C=C(/C#N)C(=O)Nc2cccc(Br)c2)cc(OC)c1OCc1ccccc1F. The summed E-state index contributed by atoms with van der Waals surface area (Å²) >= 11 is 3.35. The third-order valence-corrected chi connectivity index (χ3v) is 5.32. The average molecular weight is 521 g/mol. The van der Waals surface area contributed by atoms with E-state index in [0.717, 1.165) is 10.0 Å². The summed E-state index contributed by atoms with van der Waals surface area (Å²) in [6.45, 7) is 3.80. The number of halogens is 2. The standard InChI is InChI=1S/C27H22BrFN2O3/c1-3-7-19-12-18(13-21(16-30)27(32)31-23-10-6-9-22(28)15-23)14-25(33-2)26(19)34-17-20-8-4-5-11-24(20)29/h3-6,8-15H,1,7,17H2,2H3,(H,31,32)/b21-13-. The van der Waals surface area contributed by atoms with E-state index in [1.165, 1.54) is 19.3 Å². The van der Waals surface area contributed by atoms with E-state index in [1.807, 2.05) is 12.1 Å². The Bertz CT molecular complexity index is 1280. The van der Waals surface area contributed by atoms with Crippen molar-refractivity contribution in [1.82, 2.24) is 0 Å². The van der Waals surface area contributed by atoms with E-state index in [0.29, 0.717) is 34.7 Å². The molecule has 1 amide bonds. The highest BCUT2D eigenvalue weighted by molar-refractivity contribution is 9.10. The highest BCUT2D eigenvalue weighted by Crippen LogP contribution is 2.35. The molecule has 172 valence electrons. The van der Waals surface area contributed by atoms with Crippen molar-refractivity contribution in [2.75, 3.05) is 12.4 Å². The van der Waals surface area contributed by atoms with Crippen molar-refractivity contribution in [2.24, 2.45) is 0 Å². The van der Waals surface area contributed by atoms with E-state index in [4.69, 9.17) is 9.47 Å². The normalized spacial score (nSPS) is 10.8. The zero-order chi connectivity index (χ0) is 24.5. The van der Waals surface area contributed by atoms with Crippen LogP contribution >= 0.6 is 15.9 Å². The zero-order valence-electron chi connectivity index (χ0n) is 18.5. The van der Waals surface area contributed by atoms with Crippen LogP contribution in [0.15, 0.2) is 83.4 Å². The van der Waals surface area contributed by atoms with Crippen LogP contribution in [0.4, 0.5) is 10.1 Å². The van der Waals surface area contributed by atoms with E-state index < -0.39 is 5.91 Å². The summed E-state index contributed by atoms with van der Waals surface area (Å²) in [4.78, 5) is 12.7. The summed E-state index contributed by atoms with van der Waals surface area (Å²) in [5.41, 5.74) is 2.19. The van der Waals surface area contributed by atoms with Crippen LogP contribution in [0.25, 0.3) is 6.08 Å². The number of carbonyl (C=O) groups is 1. The molecule has 0 fully saturated rings. The molecule has 7 heteroatoms. The Labute approximate surface area is 206 Å². The summed E-state index contributed by atoms with van der Waals surface area (Å²) in [6, 6.07) is 18.8. The molecule has 0 saturated heterocycles. The van der Waals surface area contributed by atoms with E-state index in [9.17, 15) is 14.4 Å². The molecule has 1 N–H and O–H groups in total. The maximum absolute atomic E-state index is 14.0. The number of nitrogens with zero attached hydrogens (tertiary/aromatic N) is 1. The second-order valence-electron chi connectivity index (χ2n) is 7.22. The van der Waals surface area contributed by atoms with Crippen LogP contribution < -0.4 is 14.8 Å². The molecule has 0 radical (unpaired) electrons. The van der Waals surface area contributed by atoms with Crippen molar-refractivity contribution in [3.05, 3.63) is 106 Å². The minimum absolute atomic E-state index is 0.0147. The van der Waals surface area contributed by atoms with Crippen molar-refractivity contribution in [3.8, 4) is 17.6 Å². The fraction of sp³-hybridized carbons (Fsp3) is 0.111. The number of ether oxygens (including phenoxy) is 2. The van der Waals surface area contributed by atoms with Gasteiger partial charge in [0.25, 0.3) is 5.91 Å². The topological polar surface area (TPSA) is 71.4 Å². The Morgan fingerprint density at radius 3 is 2.65 bits per heavy atom. The van der Waals surface area contributed by atoms with Gasteiger partial charge in [0.05, 0.1) is 7.11 Å². The first-order chi connectivity index (χ1) is 16.4. The number of allylic oxidation sites excluding steroid dienone is 1. The van der Waals surface area contributed by atoms with Gasteiger partial charge in [-0.15, -0.1) is 6.58 Å². The number of nitriles is 1. The molecule has 0 saturated carbocycles. The molecule has 0 unspecified atom stereocenters. The summed E-state index contributed by atoms with van der Waals surface area (Å²) in [5.74, 6) is -0.0577. The molecule has 5 nitrogen and oxygen atoms in total. The lowest BCUT2D eigenvalue weighted by Gasteiger charge is -2.16. The van der Waals surface area contributed by atoms with Crippen molar-refractivity contribution in [1.29, 1.82) is 5.26 Å². The molecule has 0 heterocycles. The maximum Gasteiger partial charge on any atom is 0.266 e. The maximum atomic E-state index is 14.0. The van der Waals surface area contributed by atoms with Crippen molar-refractivity contribution >= 4 is 33.6 Å². The van der Waals surface area contributed by atoms with Crippen molar-refractivity contribution in [3.63, 3.8) is 0 Å². The number of methoxy groups -OCH3 is 1. The van der Waals surface area contributed by atoms with Crippen LogP contribution in [0.2, 0.25) is 0 Å². The quantitative estimate of drug-likeness (QED) is 0.200. The Balaban J connectivity index is 1.91. The first kappa shape index (κ1) is 24.7. The van der Waals surface area contributed by atoms with Gasteiger partial charge < -0.3 is 14.8 Å². The van der Waals surface area contributed by atoms with Crippen molar-refractivity contribution < 1.29 is 18.7 Å². The van der Waals surface area contributed by atoms with Gasteiger partial charge in [-0.05, 0) is 54.5 Å². The second kappa shape index (κ2) is 11.8.